The van der Waals surface area contributed by atoms with E-state index in [0.29, 0.717) is 24.5 Å². The van der Waals surface area contributed by atoms with Crippen molar-refractivity contribution in [2.24, 2.45) is 5.92 Å². The lowest BCUT2D eigenvalue weighted by molar-refractivity contribution is -0.123. The lowest BCUT2D eigenvalue weighted by Crippen LogP contribution is -2.30. The van der Waals surface area contributed by atoms with Crippen molar-refractivity contribution in [2.45, 2.75) is 19.3 Å². The fourth-order valence-corrected chi connectivity index (χ4v) is 1.76. The van der Waals surface area contributed by atoms with Crippen LogP contribution in [0.4, 0.5) is 0 Å². The summed E-state index contributed by atoms with van der Waals surface area (Å²) in [6, 6.07) is 8.70. The SMILES string of the molecule is N#Cc1ccc(OCC(=O)NCCCOCC2CC2)cc1. The number of nitriles is 1. The van der Waals surface area contributed by atoms with Crippen molar-refractivity contribution in [3.8, 4) is 11.8 Å². The molecule has 1 fully saturated rings. The number of ether oxygens (including phenoxy) is 2. The molecule has 112 valence electrons. The summed E-state index contributed by atoms with van der Waals surface area (Å²) in [4.78, 5) is 11.6. The summed E-state index contributed by atoms with van der Waals surface area (Å²) >= 11 is 0. The molecular weight excluding hydrogens is 268 g/mol. The maximum atomic E-state index is 11.6. The predicted octanol–water partition coefficient (Wildman–Crippen LogP) is 1.87. The largest absolute Gasteiger partial charge is 0.484 e. The molecule has 1 aliphatic carbocycles. The number of carbonyl (C=O) groups excluding carboxylic acids is 1. The van der Waals surface area contributed by atoms with Crippen LogP contribution in [-0.4, -0.2) is 32.3 Å². The summed E-state index contributed by atoms with van der Waals surface area (Å²) in [5.41, 5.74) is 0.568. The van der Waals surface area contributed by atoms with Gasteiger partial charge in [-0.25, -0.2) is 0 Å². The Balaban J connectivity index is 1.51. The molecule has 2 rings (SSSR count). The first-order valence-corrected chi connectivity index (χ1v) is 7.25. The van der Waals surface area contributed by atoms with E-state index in [4.69, 9.17) is 14.7 Å². The predicted molar refractivity (Wildman–Crippen MR) is 77.8 cm³/mol. The number of nitrogens with zero attached hydrogens (tertiary/aromatic N) is 1. The molecule has 1 aromatic rings. The first kappa shape index (κ1) is 15.3. The highest BCUT2D eigenvalue weighted by atomic mass is 16.5. The molecule has 5 heteroatoms. The molecular formula is C16H20N2O3. The molecule has 1 amide bonds. The fraction of sp³-hybridized carbons (Fsp3) is 0.500. The number of nitrogens with one attached hydrogen (secondary N) is 1. The van der Waals surface area contributed by atoms with Gasteiger partial charge in [-0.3, -0.25) is 4.79 Å². The van der Waals surface area contributed by atoms with E-state index in [2.05, 4.69) is 5.32 Å². The van der Waals surface area contributed by atoms with Crippen molar-refractivity contribution < 1.29 is 14.3 Å². The summed E-state index contributed by atoms with van der Waals surface area (Å²) in [6.45, 7) is 2.12. The molecule has 0 unspecified atom stereocenters. The zero-order chi connectivity index (χ0) is 14.9. The van der Waals surface area contributed by atoms with Crippen LogP contribution in [0.3, 0.4) is 0 Å². The van der Waals surface area contributed by atoms with E-state index in [-0.39, 0.29) is 12.5 Å². The van der Waals surface area contributed by atoms with Gasteiger partial charge in [0.25, 0.3) is 5.91 Å². The monoisotopic (exact) mass is 288 g/mol. The highest BCUT2D eigenvalue weighted by Gasteiger charge is 2.20. The standard InChI is InChI=1S/C16H20N2O3/c17-10-13-4-6-15(7-5-13)21-12-16(19)18-8-1-9-20-11-14-2-3-14/h4-7,14H,1-3,8-9,11-12H2,(H,18,19). The topological polar surface area (TPSA) is 71.3 Å². The molecule has 0 radical (unpaired) electrons. The molecule has 0 atom stereocenters. The highest BCUT2D eigenvalue weighted by molar-refractivity contribution is 5.77. The van der Waals surface area contributed by atoms with E-state index >= 15 is 0 Å². The molecule has 0 saturated heterocycles. The van der Waals surface area contributed by atoms with Gasteiger partial charge in [0, 0.05) is 19.8 Å². The van der Waals surface area contributed by atoms with Gasteiger partial charge in [0.2, 0.25) is 0 Å². The Morgan fingerprint density at radius 3 is 2.76 bits per heavy atom. The Bertz CT molecular complexity index is 489. The van der Waals surface area contributed by atoms with Gasteiger partial charge in [0.15, 0.2) is 6.61 Å². The summed E-state index contributed by atoms with van der Waals surface area (Å²) in [7, 11) is 0. The van der Waals surface area contributed by atoms with E-state index < -0.39 is 0 Å². The minimum Gasteiger partial charge on any atom is -0.484 e. The zero-order valence-corrected chi connectivity index (χ0v) is 12.0. The van der Waals surface area contributed by atoms with Crippen LogP contribution < -0.4 is 10.1 Å². The van der Waals surface area contributed by atoms with Gasteiger partial charge in [-0.15, -0.1) is 0 Å². The maximum Gasteiger partial charge on any atom is 0.257 e. The summed E-state index contributed by atoms with van der Waals surface area (Å²) in [5, 5.41) is 11.5. The van der Waals surface area contributed by atoms with E-state index in [9.17, 15) is 4.79 Å². The van der Waals surface area contributed by atoms with Crippen molar-refractivity contribution in [1.82, 2.24) is 5.32 Å². The molecule has 0 spiro atoms. The molecule has 1 aliphatic rings. The summed E-state index contributed by atoms with van der Waals surface area (Å²) in [6.07, 6.45) is 3.40. The van der Waals surface area contributed by atoms with Crippen LogP contribution in [0.25, 0.3) is 0 Å². The Labute approximate surface area is 124 Å². The van der Waals surface area contributed by atoms with E-state index in [1.807, 2.05) is 6.07 Å². The maximum absolute atomic E-state index is 11.6. The molecule has 5 nitrogen and oxygen atoms in total. The number of benzene rings is 1. The van der Waals surface area contributed by atoms with Gasteiger partial charge >= 0.3 is 0 Å². The highest BCUT2D eigenvalue weighted by Crippen LogP contribution is 2.28. The van der Waals surface area contributed by atoms with Crippen molar-refractivity contribution in [2.75, 3.05) is 26.4 Å². The molecule has 0 aromatic heterocycles. The fourth-order valence-electron chi connectivity index (χ4n) is 1.76. The van der Waals surface area contributed by atoms with Crippen LogP contribution in [0.15, 0.2) is 24.3 Å². The smallest absolute Gasteiger partial charge is 0.257 e. The van der Waals surface area contributed by atoms with Crippen LogP contribution in [0.5, 0.6) is 5.75 Å². The molecule has 1 N–H and O–H groups in total. The van der Waals surface area contributed by atoms with Gasteiger partial charge in [0.05, 0.1) is 11.6 Å². The number of amides is 1. The van der Waals surface area contributed by atoms with Crippen molar-refractivity contribution >= 4 is 5.91 Å². The Morgan fingerprint density at radius 2 is 2.10 bits per heavy atom. The van der Waals surface area contributed by atoms with Crippen LogP contribution >= 0.6 is 0 Å². The quantitative estimate of drug-likeness (QED) is 0.704. The number of hydrogen-bond acceptors (Lipinski definition) is 4. The van der Waals surface area contributed by atoms with Gasteiger partial charge in [0.1, 0.15) is 5.75 Å². The second-order valence-corrected chi connectivity index (χ2v) is 5.15. The number of rotatable bonds is 9. The normalized spacial score (nSPS) is 13.5. The second kappa shape index (κ2) is 8.28. The van der Waals surface area contributed by atoms with Gasteiger partial charge in [-0.1, -0.05) is 0 Å². The van der Waals surface area contributed by atoms with E-state index in [1.54, 1.807) is 24.3 Å². The summed E-state index contributed by atoms with van der Waals surface area (Å²) in [5.74, 6) is 1.21. The summed E-state index contributed by atoms with van der Waals surface area (Å²) < 4.78 is 10.8. The van der Waals surface area contributed by atoms with Crippen molar-refractivity contribution in [3.63, 3.8) is 0 Å². The third-order valence-corrected chi connectivity index (χ3v) is 3.19. The average molecular weight is 288 g/mol. The minimum atomic E-state index is -0.151. The Kier molecular flexibility index (Phi) is 6.04. The second-order valence-electron chi connectivity index (χ2n) is 5.15. The van der Waals surface area contributed by atoms with E-state index in [1.165, 1.54) is 12.8 Å². The van der Waals surface area contributed by atoms with Gasteiger partial charge < -0.3 is 14.8 Å². The molecule has 0 aliphatic heterocycles. The third kappa shape index (κ3) is 6.28. The zero-order valence-electron chi connectivity index (χ0n) is 12.0. The lowest BCUT2D eigenvalue weighted by Gasteiger charge is -2.08. The molecule has 21 heavy (non-hydrogen) atoms. The number of carbonyl (C=O) groups is 1. The van der Waals surface area contributed by atoms with Crippen LogP contribution in [0.1, 0.15) is 24.8 Å². The van der Waals surface area contributed by atoms with E-state index in [0.717, 1.165) is 18.9 Å². The van der Waals surface area contributed by atoms with Crippen molar-refractivity contribution in [3.05, 3.63) is 29.8 Å². The van der Waals surface area contributed by atoms with Crippen LogP contribution in [0, 0.1) is 17.2 Å². The Hall–Kier alpha value is -2.06. The molecule has 0 bridgehead atoms. The molecule has 0 heterocycles. The van der Waals surface area contributed by atoms with Crippen molar-refractivity contribution in [1.29, 1.82) is 5.26 Å². The molecule has 1 saturated carbocycles. The van der Waals surface area contributed by atoms with Gasteiger partial charge in [-0.05, 0) is 49.4 Å². The first-order valence-electron chi connectivity index (χ1n) is 7.25. The van der Waals surface area contributed by atoms with Crippen LogP contribution in [-0.2, 0) is 9.53 Å². The third-order valence-electron chi connectivity index (χ3n) is 3.19. The Morgan fingerprint density at radius 1 is 1.33 bits per heavy atom. The average Bonchev–Trinajstić information content (AvgIpc) is 3.33. The number of hydrogen-bond donors (Lipinski definition) is 1. The molecule has 1 aromatic carbocycles. The lowest BCUT2D eigenvalue weighted by atomic mass is 10.2. The van der Waals surface area contributed by atoms with Crippen LogP contribution in [0.2, 0.25) is 0 Å². The minimum absolute atomic E-state index is 0.0190. The van der Waals surface area contributed by atoms with Gasteiger partial charge in [-0.2, -0.15) is 5.26 Å². The first-order chi connectivity index (χ1) is 10.3.